The van der Waals surface area contributed by atoms with Gasteiger partial charge in [-0.15, -0.1) is 0 Å². The van der Waals surface area contributed by atoms with E-state index in [9.17, 15) is 18.4 Å². The first kappa shape index (κ1) is 28.6. The smallest absolute Gasteiger partial charge is 0.238 e. The number of hydrogen-bond acceptors (Lipinski definition) is 5. The van der Waals surface area contributed by atoms with E-state index in [2.05, 4.69) is 10.6 Å². The lowest BCUT2D eigenvalue weighted by Gasteiger charge is -2.46. The lowest BCUT2D eigenvalue weighted by Crippen LogP contribution is -2.57. The Morgan fingerprint density at radius 3 is 2.33 bits per heavy atom. The second-order valence-electron chi connectivity index (χ2n) is 10.3. The van der Waals surface area contributed by atoms with Crippen LogP contribution in [-0.2, 0) is 15.0 Å². The number of ether oxygens (including phenoxy) is 2. The maximum atomic E-state index is 15.4. The van der Waals surface area contributed by atoms with Crippen molar-refractivity contribution in [2.45, 2.75) is 23.8 Å². The molecule has 43 heavy (non-hydrogen) atoms. The van der Waals surface area contributed by atoms with E-state index in [0.29, 0.717) is 27.8 Å². The summed E-state index contributed by atoms with van der Waals surface area (Å²) in [6.45, 7) is -0.0525. The standard InChI is InChI=1S/C32H24ClF3N2O5/c33-17-1-8-24-27(13-17)37-31(41)32(24)25(22-14-18(34)2-9-26(22)36)16-29(40)38-30(32)23-15-19(35)3-10-28(23)43-21-6-4-20(5-7-21)42-12-11-39/h1-10,13-15,25,30,39H,11-12,16H2,(H,37,41)(H,38,40)/t25-,30+,32-/m0/s1. The van der Waals surface area contributed by atoms with Gasteiger partial charge in [0.1, 0.15) is 46.7 Å². The molecule has 3 atom stereocenters. The van der Waals surface area contributed by atoms with Gasteiger partial charge in [0.2, 0.25) is 11.8 Å². The average molecular weight is 609 g/mol. The number of halogens is 4. The number of piperidine rings is 1. The van der Waals surface area contributed by atoms with Crippen molar-refractivity contribution in [3.63, 3.8) is 0 Å². The van der Waals surface area contributed by atoms with Crippen LogP contribution >= 0.6 is 11.6 Å². The first-order valence-corrected chi connectivity index (χ1v) is 13.8. The molecule has 2 amide bonds. The number of benzene rings is 4. The minimum absolute atomic E-state index is 0.105. The summed E-state index contributed by atoms with van der Waals surface area (Å²) in [5.74, 6) is -3.64. The molecule has 4 aromatic carbocycles. The van der Waals surface area contributed by atoms with Crippen LogP contribution in [0.15, 0.2) is 78.9 Å². The van der Waals surface area contributed by atoms with Gasteiger partial charge in [0.25, 0.3) is 0 Å². The largest absolute Gasteiger partial charge is 0.491 e. The van der Waals surface area contributed by atoms with Crippen molar-refractivity contribution in [1.29, 1.82) is 0 Å². The molecule has 0 radical (unpaired) electrons. The van der Waals surface area contributed by atoms with Gasteiger partial charge in [-0.3, -0.25) is 9.59 Å². The SMILES string of the molecule is O=C1C[C@@H](c2cc(F)ccc2F)[C@]2(C(=O)Nc3cc(Cl)ccc32)[C@@H](c2cc(F)ccc2Oc2ccc(OCCO)cc2)N1. The van der Waals surface area contributed by atoms with Crippen molar-refractivity contribution < 1.29 is 37.3 Å². The van der Waals surface area contributed by atoms with E-state index in [-0.39, 0.29) is 36.5 Å². The van der Waals surface area contributed by atoms with Crippen LogP contribution in [0.4, 0.5) is 18.9 Å². The topological polar surface area (TPSA) is 96.9 Å². The summed E-state index contributed by atoms with van der Waals surface area (Å²) in [6.07, 6.45) is -0.354. The van der Waals surface area contributed by atoms with Gasteiger partial charge in [0.15, 0.2) is 0 Å². The number of rotatable bonds is 7. The van der Waals surface area contributed by atoms with Crippen LogP contribution in [0.1, 0.15) is 35.1 Å². The van der Waals surface area contributed by atoms with E-state index in [1.54, 1.807) is 36.4 Å². The zero-order valence-electron chi connectivity index (χ0n) is 22.4. The third kappa shape index (κ3) is 5.06. The Balaban J connectivity index is 1.54. The van der Waals surface area contributed by atoms with Crippen LogP contribution in [-0.4, -0.2) is 30.1 Å². The van der Waals surface area contributed by atoms with Gasteiger partial charge in [-0.2, -0.15) is 0 Å². The third-order valence-corrected chi connectivity index (χ3v) is 8.01. The summed E-state index contributed by atoms with van der Waals surface area (Å²) in [5, 5.41) is 14.9. The van der Waals surface area contributed by atoms with Gasteiger partial charge in [-0.05, 0) is 83.9 Å². The highest BCUT2D eigenvalue weighted by molar-refractivity contribution is 6.31. The van der Waals surface area contributed by atoms with Crippen molar-refractivity contribution in [3.05, 3.63) is 118 Å². The van der Waals surface area contributed by atoms with E-state index in [4.69, 9.17) is 26.2 Å². The fourth-order valence-electron chi connectivity index (χ4n) is 6.03. The normalized spacial score (nSPS) is 20.9. The maximum Gasteiger partial charge on any atom is 0.238 e. The van der Waals surface area contributed by atoms with Crippen molar-refractivity contribution in [2.24, 2.45) is 0 Å². The van der Waals surface area contributed by atoms with Gasteiger partial charge in [-0.25, -0.2) is 13.2 Å². The molecule has 1 fully saturated rings. The molecule has 6 rings (SSSR count). The fourth-order valence-corrected chi connectivity index (χ4v) is 6.21. The summed E-state index contributed by atoms with van der Waals surface area (Å²) in [5.41, 5.74) is -1.11. The number of carbonyl (C=O) groups is 2. The molecule has 4 aromatic rings. The molecular formula is C32H24ClF3N2O5. The summed E-state index contributed by atoms with van der Waals surface area (Å²) in [4.78, 5) is 27.5. The van der Waals surface area contributed by atoms with Crippen LogP contribution in [0.5, 0.6) is 17.2 Å². The number of anilines is 1. The highest BCUT2D eigenvalue weighted by Gasteiger charge is 2.62. The van der Waals surface area contributed by atoms with Crippen LogP contribution < -0.4 is 20.1 Å². The van der Waals surface area contributed by atoms with E-state index in [0.717, 1.165) is 24.3 Å². The molecule has 2 heterocycles. The second kappa shape index (κ2) is 11.3. The summed E-state index contributed by atoms with van der Waals surface area (Å²) in [6, 6.07) is 16.4. The molecule has 220 valence electrons. The zero-order chi connectivity index (χ0) is 30.3. The molecule has 0 bridgehead atoms. The predicted molar refractivity (Wildman–Crippen MR) is 152 cm³/mol. The van der Waals surface area contributed by atoms with E-state index >= 15 is 4.39 Å². The third-order valence-electron chi connectivity index (χ3n) is 7.78. The van der Waals surface area contributed by atoms with Crippen molar-refractivity contribution >= 4 is 29.1 Å². The number of amides is 2. The van der Waals surface area contributed by atoms with E-state index in [1.165, 1.54) is 18.2 Å². The minimum atomic E-state index is -1.75. The minimum Gasteiger partial charge on any atom is -0.491 e. The highest BCUT2D eigenvalue weighted by atomic mass is 35.5. The lowest BCUT2D eigenvalue weighted by molar-refractivity contribution is -0.131. The molecule has 11 heteroatoms. The van der Waals surface area contributed by atoms with Gasteiger partial charge < -0.3 is 25.2 Å². The van der Waals surface area contributed by atoms with Crippen LogP contribution in [0.3, 0.4) is 0 Å². The predicted octanol–water partition coefficient (Wildman–Crippen LogP) is 6.16. The fraction of sp³-hybridized carbons (Fsp3) is 0.188. The molecule has 0 aromatic heterocycles. The van der Waals surface area contributed by atoms with Gasteiger partial charge in [0, 0.05) is 28.6 Å². The molecule has 7 nitrogen and oxygen atoms in total. The molecule has 0 unspecified atom stereocenters. The number of nitrogens with one attached hydrogen (secondary N) is 2. The molecule has 0 aliphatic carbocycles. The number of hydrogen-bond donors (Lipinski definition) is 3. The number of carbonyl (C=O) groups excluding carboxylic acids is 2. The van der Waals surface area contributed by atoms with Crippen LogP contribution in [0.25, 0.3) is 0 Å². The molecule has 0 saturated carbocycles. The van der Waals surface area contributed by atoms with E-state index < -0.39 is 46.6 Å². The van der Waals surface area contributed by atoms with Crippen LogP contribution in [0.2, 0.25) is 5.02 Å². The Bertz CT molecular complexity index is 1740. The van der Waals surface area contributed by atoms with Crippen molar-refractivity contribution in [3.8, 4) is 17.2 Å². The van der Waals surface area contributed by atoms with Crippen molar-refractivity contribution in [1.82, 2.24) is 5.32 Å². The zero-order valence-corrected chi connectivity index (χ0v) is 23.1. The maximum absolute atomic E-state index is 15.4. The van der Waals surface area contributed by atoms with Crippen molar-refractivity contribution in [2.75, 3.05) is 18.5 Å². The summed E-state index contributed by atoms with van der Waals surface area (Å²) < 4.78 is 56.4. The Kier molecular flexibility index (Phi) is 7.49. The number of aliphatic hydroxyl groups is 1. The molecule has 3 N–H and O–H groups in total. The number of aliphatic hydroxyl groups excluding tert-OH is 1. The second-order valence-corrected chi connectivity index (χ2v) is 10.7. The highest BCUT2D eigenvalue weighted by Crippen LogP contribution is 2.59. The Hall–Kier alpha value is -4.54. The first-order chi connectivity index (χ1) is 20.7. The van der Waals surface area contributed by atoms with Crippen LogP contribution in [0, 0.1) is 17.5 Å². The Labute approximate surface area is 249 Å². The van der Waals surface area contributed by atoms with Gasteiger partial charge in [-0.1, -0.05) is 17.7 Å². The quantitative estimate of drug-likeness (QED) is 0.234. The average Bonchev–Trinajstić information content (AvgIpc) is 3.26. The summed E-state index contributed by atoms with van der Waals surface area (Å²) >= 11 is 6.23. The van der Waals surface area contributed by atoms with Gasteiger partial charge in [0.05, 0.1) is 12.6 Å². The Morgan fingerprint density at radius 1 is 0.884 bits per heavy atom. The van der Waals surface area contributed by atoms with Gasteiger partial charge >= 0.3 is 0 Å². The lowest BCUT2D eigenvalue weighted by atomic mass is 9.59. The molecule has 1 spiro atoms. The molecule has 1 saturated heterocycles. The monoisotopic (exact) mass is 608 g/mol. The molecular weight excluding hydrogens is 585 g/mol. The summed E-state index contributed by atoms with van der Waals surface area (Å²) in [7, 11) is 0. The molecule has 2 aliphatic rings. The van der Waals surface area contributed by atoms with E-state index in [1.807, 2.05) is 0 Å². The first-order valence-electron chi connectivity index (χ1n) is 13.4. The Morgan fingerprint density at radius 2 is 1.58 bits per heavy atom. The number of fused-ring (bicyclic) bond motifs is 2. The molecule has 2 aliphatic heterocycles.